The summed E-state index contributed by atoms with van der Waals surface area (Å²) in [7, 11) is 0. The monoisotopic (exact) mass is 259 g/mol. The summed E-state index contributed by atoms with van der Waals surface area (Å²) in [6.45, 7) is 6.73. The Balaban J connectivity index is 1.75. The average Bonchev–Trinajstić information content (AvgIpc) is 3.28. The molecule has 0 saturated heterocycles. The highest BCUT2D eigenvalue weighted by molar-refractivity contribution is 5.53. The quantitative estimate of drug-likeness (QED) is 0.816. The van der Waals surface area contributed by atoms with E-state index in [1.165, 1.54) is 36.9 Å². The van der Waals surface area contributed by atoms with Crippen LogP contribution in [0.4, 0.5) is 5.69 Å². The van der Waals surface area contributed by atoms with Crippen molar-refractivity contribution in [1.82, 2.24) is 10.3 Å². The van der Waals surface area contributed by atoms with Crippen molar-refractivity contribution < 1.29 is 0 Å². The second kappa shape index (κ2) is 5.49. The molecule has 3 heteroatoms. The van der Waals surface area contributed by atoms with E-state index >= 15 is 0 Å². The zero-order valence-corrected chi connectivity index (χ0v) is 12.1. The number of rotatable bonds is 7. The molecule has 2 fully saturated rings. The van der Waals surface area contributed by atoms with Gasteiger partial charge in [-0.1, -0.05) is 13.8 Å². The van der Waals surface area contributed by atoms with Crippen molar-refractivity contribution in [1.29, 1.82) is 0 Å². The minimum atomic E-state index is 0.699. The molecular formula is C16H25N3. The molecule has 1 aromatic heterocycles. The maximum atomic E-state index is 4.36. The van der Waals surface area contributed by atoms with Crippen LogP contribution in [0.15, 0.2) is 18.5 Å². The summed E-state index contributed by atoms with van der Waals surface area (Å²) in [5.74, 6) is 0.699. The minimum absolute atomic E-state index is 0.699. The van der Waals surface area contributed by atoms with Crippen LogP contribution in [0.2, 0.25) is 0 Å². The lowest BCUT2D eigenvalue weighted by Gasteiger charge is -2.28. The van der Waals surface area contributed by atoms with E-state index in [2.05, 4.69) is 41.3 Å². The van der Waals surface area contributed by atoms with Gasteiger partial charge in [-0.3, -0.25) is 4.98 Å². The van der Waals surface area contributed by atoms with Crippen molar-refractivity contribution in [3.05, 3.63) is 24.0 Å². The molecule has 2 aliphatic carbocycles. The van der Waals surface area contributed by atoms with Gasteiger partial charge in [0.15, 0.2) is 0 Å². The van der Waals surface area contributed by atoms with Gasteiger partial charge < -0.3 is 10.2 Å². The molecule has 0 atom stereocenters. The van der Waals surface area contributed by atoms with Crippen molar-refractivity contribution in [2.24, 2.45) is 5.92 Å². The zero-order valence-electron chi connectivity index (χ0n) is 12.1. The van der Waals surface area contributed by atoms with E-state index in [0.717, 1.165) is 25.2 Å². The zero-order chi connectivity index (χ0) is 13.2. The Hall–Kier alpha value is -1.09. The van der Waals surface area contributed by atoms with Crippen LogP contribution in [0.3, 0.4) is 0 Å². The molecule has 0 aliphatic heterocycles. The SMILES string of the molecule is CC(C)CN(c1cnccc1CNC1CC1)C1CC1. The van der Waals surface area contributed by atoms with Gasteiger partial charge in [0.1, 0.15) is 0 Å². The molecule has 2 aliphatic rings. The first-order chi connectivity index (χ1) is 9.24. The van der Waals surface area contributed by atoms with Crippen molar-refractivity contribution in [2.75, 3.05) is 11.4 Å². The first-order valence-electron chi connectivity index (χ1n) is 7.67. The molecule has 1 heterocycles. The molecule has 19 heavy (non-hydrogen) atoms. The highest BCUT2D eigenvalue weighted by Gasteiger charge is 2.31. The van der Waals surface area contributed by atoms with Crippen molar-refractivity contribution in [3.8, 4) is 0 Å². The summed E-state index contributed by atoms with van der Waals surface area (Å²) in [4.78, 5) is 6.94. The molecule has 0 aromatic carbocycles. The lowest BCUT2D eigenvalue weighted by molar-refractivity contribution is 0.601. The van der Waals surface area contributed by atoms with E-state index in [1.807, 2.05) is 6.20 Å². The molecule has 2 saturated carbocycles. The van der Waals surface area contributed by atoms with E-state index < -0.39 is 0 Å². The summed E-state index contributed by atoms with van der Waals surface area (Å²) in [6.07, 6.45) is 9.37. The molecule has 3 nitrogen and oxygen atoms in total. The normalized spacial score (nSPS) is 18.9. The second-order valence-electron chi connectivity index (χ2n) is 6.44. The van der Waals surface area contributed by atoms with Crippen LogP contribution in [0.1, 0.15) is 45.1 Å². The molecule has 0 spiro atoms. The Morgan fingerprint density at radius 2 is 2.11 bits per heavy atom. The summed E-state index contributed by atoms with van der Waals surface area (Å²) < 4.78 is 0. The molecule has 3 rings (SSSR count). The largest absolute Gasteiger partial charge is 0.367 e. The van der Waals surface area contributed by atoms with Crippen LogP contribution < -0.4 is 10.2 Å². The van der Waals surface area contributed by atoms with Gasteiger partial charge in [-0.05, 0) is 43.2 Å². The third kappa shape index (κ3) is 3.47. The van der Waals surface area contributed by atoms with E-state index in [0.29, 0.717) is 5.92 Å². The summed E-state index contributed by atoms with van der Waals surface area (Å²) in [5.41, 5.74) is 2.77. The fourth-order valence-corrected chi connectivity index (χ4v) is 2.59. The standard InChI is InChI=1S/C16H25N3/c1-12(2)11-19(15-5-6-15)16-10-17-8-7-13(16)9-18-14-3-4-14/h7-8,10,12,14-15,18H,3-6,9,11H2,1-2H3. The first-order valence-corrected chi connectivity index (χ1v) is 7.67. The molecule has 0 unspecified atom stereocenters. The minimum Gasteiger partial charge on any atom is -0.367 e. The maximum absolute atomic E-state index is 4.36. The van der Waals surface area contributed by atoms with Gasteiger partial charge in [-0.2, -0.15) is 0 Å². The van der Waals surface area contributed by atoms with Crippen LogP contribution in [-0.2, 0) is 6.54 Å². The predicted octanol–water partition coefficient (Wildman–Crippen LogP) is 2.96. The first kappa shape index (κ1) is 12.9. The number of pyridine rings is 1. The summed E-state index contributed by atoms with van der Waals surface area (Å²) in [5, 5.41) is 3.63. The number of nitrogens with one attached hydrogen (secondary N) is 1. The highest BCUT2D eigenvalue weighted by atomic mass is 15.2. The lowest BCUT2D eigenvalue weighted by atomic mass is 10.1. The van der Waals surface area contributed by atoms with Crippen molar-refractivity contribution in [2.45, 2.75) is 58.2 Å². The maximum Gasteiger partial charge on any atom is 0.0600 e. The van der Waals surface area contributed by atoms with Gasteiger partial charge >= 0.3 is 0 Å². The smallest absolute Gasteiger partial charge is 0.0600 e. The topological polar surface area (TPSA) is 28.2 Å². The number of aromatic nitrogens is 1. The Morgan fingerprint density at radius 1 is 1.32 bits per heavy atom. The number of hydrogen-bond donors (Lipinski definition) is 1. The van der Waals surface area contributed by atoms with Gasteiger partial charge in [0.2, 0.25) is 0 Å². The summed E-state index contributed by atoms with van der Waals surface area (Å²) in [6, 6.07) is 3.70. The average molecular weight is 259 g/mol. The summed E-state index contributed by atoms with van der Waals surface area (Å²) >= 11 is 0. The Bertz CT molecular complexity index is 422. The Labute approximate surface area is 116 Å². The Kier molecular flexibility index (Phi) is 3.74. The molecule has 0 radical (unpaired) electrons. The third-order valence-electron chi connectivity index (χ3n) is 3.91. The van der Waals surface area contributed by atoms with E-state index in [-0.39, 0.29) is 0 Å². The van der Waals surface area contributed by atoms with Crippen molar-refractivity contribution in [3.63, 3.8) is 0 Å². The third-order valence-corrected chi connectivity index (χ3v) is 3.91. The van der Waals surface area contributed by atoms with Crippen LogP contribution in [-0.4, -0.2) is 23.6 Å². The fraction of sp³-hybridized carbons (Fsp3) is 0.688. The molecule has 0 amide bonds. The molecule has 0 bridgehead atoms. The van der Waals surface area contributed by atoms with Crippen LogP contribution in [0.25, 0.3) is 0 Å². The van der Waals surface area contributed by atoms with Gasteiger partial charge in [0.25, 0.3) is 0 Å². The number of anilines is 1. The molecule has 1 N–H and O–H groups in total. The Morgan fingerprint density at radius 3 is 2.74 bits per heavy atom. The molecule has 104 valence electrons. The van der Waals surface area contributed by atoms with Gasteiger partial charge in [0, 0.05) is 31.4 Å². The van der Waals surface area contributed by atoms with Gasteiger partial charge in [0.05, 0.1) is 11.9 Å². The highest BCUT2D eigenvalue weighted by Crippen LogP contribution is 2.34. The van der Waals surface area contributed by atoms with E-state index in [1.54, 1.807) is 0 Å². The van der Waals surface area contributed by atoms with Gasteiger partial charge in [-0.15, -0.1) is 0 Å². The second-order valence-corrected chi connectivity index (χ2v) is 6.44. The molecular weight excluding hydrogens is 234 g/mol. The fourth-order valence-electron chi connectivity index (χ4n) is 2.59. The van der Waals surface area contributed by atoms with E-state index in [4.69, 9.17) is 0 Å². The predicted molar refractivity (Wildman–Crippen MR) is 79.3 cm³/mol. The number of hydrogen-bond acceptors (Lipinski definition) is 3. The van der Waals surface area contributed by atoms with Crippen molar-refractivity contribution >= 4 is 5.69 Å². The number of nitrogens with zero attached hydrogens (tertiary/aromatic N) is 2. The van der Waals surface area contributed by atoms with Crippen LogP contribution in [0.5, 0.6) is 0 Å². The van der Waals surface area contributed by atoms with Gasteiger partial charge in [-0.25, -0.2) is 0 Å². The van der Waals surface area contributed by atoms with Crippen LogP contribution in [0, 0.1) is 5.92 Å². The molecule has 1 aromatic rings. The van der Waals surface area contributed by atoms with Crippen LogP contribution >= 0.6 is 0 Å². The lowest BCUT2D eigenvalue weighted by Crippen LogP contribution is -2.31. The van der Waals surface area contributed by atoms with E-state index in [9.17, 15) is 0 Å².